The van der Waals surface area contributed by atoms with E-state index in [1.54, 1.807) is 18.2 Å². The molecule has 2 aromatic rings. The molecule has 112 valence electrons. The van der Waals surface area contributed by atoms with E-state index in [0.29, 0.717) is 5.75 Å². The molecule has 0 unspecified atom stereocenters. The summed E-state index contributed by atoms with van der Waals surface area (Å²) < 4.78 is 19.2. The first-order valence-corrected chi connectivity index (χ1v) is 7.12. The van der Waals surface area contributed by atoms with Crippen molar-refractivity contribution in [3.8, 4) is 11.5 Å². The summed E-state index contributed by atoms with van der Waals surface area (Å²) in [5, 5.41) is 3.44. The van der Waals surface area contributed by atoms with Gasteiger partial charge in [-0.05, 0) is 57.0 Å². The number of halogens is 1. The lowest BCUT2D eigenvalue weighted by Gasteiger charge is -2.21. The van der Waals surface area contributed by atoms with E-state index in [2.05, 4.69) is 32.2 Å². The highest BCUT2D eigenvalue weighted by Crippen LogP contribution is 2.27. The number of hydrogen-bond acceptors (Lipinski definition) is 2. The predicted molar refractivity (Wildman–Crippen MR) is 84.2 cm³/mol. The average Bonchev–Trinajstić information content (AvgIpc) is 2.41. The van der Waals surface area contributed by atoms with Gasteiger partial charge in [0.2, 0.25) is 0 Å². The number of ether oxygens (including phenoxy) is 1. The fourth-order valence-electron chi connectivity index (χ4n) is 1.95. The summed E-state index contributed by atoms with van der Waals surface area (Å²) in [6, 6.07) is 12.4. The lowest BCUT2D eigenvalue weighted by Crippen LogP contribution is -2.35. The third-order valence-electron chi connectivity index (χ3n) is 3.12. The molecule has 0 aromatic heterocycles. The number of para-hydroxylation sites is 1. The zero-order valence-electron chi connectivity index (χ0n) is 13.0. The van der Waals surface area contributed by atoms with Gasteiger partial charge in [0.15, 0.2) is 11.6 Å². The summed E-state index contributed by atoms with van der Waals surface area (Å²) in [5.74, 6) is 0.580. The van der Waals surface area contributed by atoms with Crippen molar-refractivity contribution in [1.29, 1.82) is 0 Å². The van der Waals surface area contributed by atoms with Gasteiger partial charge in [0.1, 0.15) is 5.75 Å². The van der Waals surface area contributed by atoms with Crippen LogP contribution in [-0.4, -0.2) is 5.54 Å². The van der Waals surface area contributed by atoms with Gasteiger partial charge in [-0.25, -0.2) is 4.39 Å². The van der Waals surface area contributed by atoms with Crippen molar-refractivity contribution in [2.75, 3.05) is 0 Å². The van der Waals surface area contributed by atoms with Crippen LogP contribution in [0.15, 0.2) is 42.5 Å². The molecular formula is C18H22FNO. The number of nitrogens with one attached hydrogen (secondary N) is 1. The third-order valence-corrected chi connectivity index (χ3v) is 3.12. The predicted octanol–water partition coefficient (Wildman–Crippen LogP) is 4.81. The van der Waals surface area contributed by atoms with Gasteiger partial charge < -0.3 is 10.1 Å². The van der Waals surface area contributed by atoms with Crippen LogP contribution in [0, 0.1) is 12.7 Å². The SMILES string of the molecule is Cc1cc(CNC(C)(C)C)ccc1Oc1ccccc1F. The summed E-state index contributed by atoms with van der Waals surface area (Å²) in [4.78, 5) is 0. The molecule has 0 radical (unpaired) electrons. The third kappa shape index (κ3) is 4.57. The van der Waals surface area contributed by atoms with Crippen LogP contribution in [0.1, 0.15) is 31.9 Å². The molecule has 0 aliphatic rings. The maximum atomic E-state index is 13.6. The van der Waals surface area contributed by atoms with Gasteiger partial charge in [-0.15, -0.1) is 0 Å². The standard InChI is InChI=1S/C18H22FNO/c1-13-11-14(12-20-18(2,3)4)9-10-16(13)21-17-8-6-5-7-15(17)19/h5-11,20H,12H2,1-4H3. The molecule has 0 fully saturated rings. The number of hydrogen-bond donors (Lipinski definition) is 1. The Morgan fingerprint density at radius 1 is 1.05 bits per heavy atom. The molecule has 0 heterocycles. The quantitative estimate of drug-likeness (QED) is 0.871. The molecule has 0 saturated heterocycles. The summed E-state index contributed by atoms with van der Waals surface area (Å²) in [6.45, 7) is 9.17. The van der Waals surface area contributed by atoms with E-state index in [-0.39, 0.29) is 17.1 Å². The van der Waals surface area contributed by atoms with Crippen molar-refractivity contribution in [1.82, 2.24) is 5.32 Å². The van der Waals surface area contributed by atoms with Gasteiger partial charge in [0, 0.05) is 12.1 Å². The Bertz CT molecular complexity index is 617. The molecule has 21 heavy (non-hydrogen) atoms. The molecule has 1 N–H and O–H groups in total. The van der Waals surface area contributed by atoms with Crippen LogP contribution >= 0.6 is 0 Å². The van der Waals surface area contributed by atoms with E-state index in [9.17, 15) is 4.39 Å². The monoisotopic (exact) mass is 287 g/mol. The van der Waals surface area contributed by atoms with Crippen LogP contribution in [0.2, 0.25) is 0 Å². The minimum absolute atomic E-state index is 0.0796. The maximum Gasteiger partial charge on any atom is 0.165 e. The van der Waals surface area contributed by atoms with Gasteiger partial charge in [0.05, 0.1) is 0 Å². The van der Waals surface area contributed by atoms with Crippen molar-refractivity contribution < 1.29 is 9.13 Å². The van der Waals surface area contributed by atoms with Crippen molar-refractivity contribution in [3.63, 3.8) is 0 Å². The van der Waals surface area contributed by atoms with E-state index < -0.39 is 0 Å². The van der Waals surface area contributed by atoms with E-state index in [1.165, 1.54) is 11.6 Å². The first-order chi connectivity index (χ1) is 9.85. The van der Waals surface area contributed by atoms with E-state index in [4.69, 9.17) is 4.74 Å². The Labute approximate surface area is 126 Å². The zero-order valence-corrected chi connectivity index (χ0v) is 13.0. The lowest BCUT2D eigenvalue weighted by atomic mass is 10.1. The second-order valence-electron chi connectivity index (χ2n) is 6.24. The van der Waals surface area contributed by atoms with E-state index >= 15 is 0 Å². The molecule has 3 heteroatoms. The normalized spacial score (nSPS) is 11.5. The molecule has 2 aromatic carbocycles. The van der Waals surface area contributed by atoms with Gasteiger partial charge >= 0.3 is 0 Å². The molecule has 0 amide bonds. The first kappa shape index (κ1) is 15.5. The van der Waals surface area contributed by atoms with E-state index in [0.717, 1.165) is 12.1 Å². The molecule has 0 aliphatic carbocycles. The van der Waals surface area contributed by atoms with Gasteiger partial charge in [-0.2, -0.15) is 0 Å². The number of benzene rings is 2. The first-order valence-electron chi connectivity index (χ1n) is 7.12. The summed E-state index contributed by atoms with van der Waals surface area (Å²) >= 11 is 0. The summed E-state index contributed by atoms with van der Waals surface area (Å²) in [5.41, 5.74) is 2.26. The van der Waals surface area contributed by atoms with Crippen LogP contribution in [0.3, 0.4) is 0 Å². The minimum atomic E-state index is -0.352. The van der Waals surface area contributed by atoms with Crippen molar-refractivity contribution in [2.24, 2.45) is 0 Å². The van der Waals surface area contributed by atoms with Crippen molar-refractivity contribution in [3.05, 3.63) is 59.4 Å². The van der Waals surface area contributed by atoms with Gasteiger partial charge in [0.25, 0.3) is 0 Å². The molecule has 2 rings (SSSR count). The van der Waals surface area contributed by atoms with E-state index in [1.807, 2.05) is 19.1 Å². The second kappa shape index (κ2) is 6.27. The van der Waals surface area contributed by atoms with Crippen molar-refractivity contribution in [2.45, 2.75) is 39.8 Å². The molecule has 0 aliphatic heterocycles. The molecule has 2 nitrogen and oxygen atoms in total. The second-order valence-corrected chi connectivity index (χ2v) is 6.24. The highest BCUT2D eigenvalue weighted by molar-refractivity contribution is 5.40. The summed E-state index contributed by atoms with van der Waals surface area (Å²) in [6.07, 6.45) is 0. The zero-order chi connectivity index (χ0) is 15.5. The molecule has 0 atom stereocenters. The average molecular weight is 287 g/mol. The largest absolute Gasteiger partial charge is 0.454 e. The Balaban J connectivity index is 2.11. The summed E-state index contributed by atoms with van der Waals surface area (Å²) in [7, 11) is 0. The Morgan fingerprint density at radius 2 is 1.76 bits per heavy atom. The van der Waals surface area contributed by atoms with Crippen LogP contribution in [0.5, 0.6) is 11.5 Å². The number of rotatable bonds is 4. The lowest BCUT2D eigenvalue weighted by molar-refractivity contribution is 0.423. The van der Waals surface area contributed by atoms with Crippen LogP contribution in [0.4, 0.5) is 4.39 Å². The topological polar surface area (TPSA) is 21.3 Å². The highest BCUT2D eigenvalue weighted by atomic mass is 19.1. The Hall–Kier alpha value is -1.87. The highest BCUT2D eigenvalue weighted by Gasteiger charge is 2.10. The number of aryl methyl sites for hydroxylation is 1. The fraction of sp³-hybridized carbons (Fsp3) is 0.333. The molecular weight excluding hydrogens is 265 g/mol. The molecule has 0 bridgehead atoms. The maximum absolute atomic E-state index is 13.6. The van der Waals surface area contributed by atoms with Gasteiger partial charge in [-0.1, -0.05) is 24.3 Å². The van der Waals surface area contributed by atoms with Crippen LogP contribution < -0.4 is 10.1 Å². The fourth-order valence-corrected chi connectivity index (χ4v) is 1.95. The molecule has 0 spiro atoms. The van der Waals surface area contributed by atoms with Crippen molar-refractivity contribution >= 4 is 0 Å². The van der Waals surface area contributed by atoms with Gasteiger partial charge in [-0.3, -0.25) is 0 Å². The molecule has 0 saturated carbocycles. The van der Waals surface area contributed by atoms with Crippen LogP contribution in [-0.2, 0) is 6.54 Å². The van der Waals surface area contributed by atoms with Crippen LogP contribution in [0.25, 0.3) is 0 Å². The Kier molecular flexibility index (Phi) is 4.63. The smallest absolute Gasteiger partial charge is 0.165 e. The minimum Gasteiger partial charge on any atom is -0.454 e. The Morgan fingerprint density at radius 3 is 2.38 bits per heavy atom.